The first-order chi connectivity index (χ1) is 6.63. The Balaban J connectivity index is 2.37. The molecule has 4 nitrogen and oxygen atoms in total. The molecule has 0 spiro atoms. The summed E-state index contributed by atoms with van der Waals surface area (Å²) in [4.78, 5) is 11.2. The van der Waals surface area contributed by atoms with Gasteiger partial charge < -0.3 is 9.84 Å². The molecule has 1 heterocycles. The molecule has 1 atom stereocenters. The lowest BCUT2D eigenvalue weighted by Crippen LogP contribution is -2.27. The predicted octanol–water partition coefficient (Wildman–Crippen LogP) is 1.35. The zero-order valence-electron chi connectivity index (χ0n) is 8.53. The van der Waals surface area contributed by atoms with Crippen LogP contribution >= 0.6 is 11.8 Å². The molecule has 1 aromatic rings. The van der Waals surface area contributed by atoms with Gasteiger partial charge in [-0.15, -0.1) is 11.8 Å². The minimum atomic E-state index is -0.0583. The van der Waals surface area contributed by atoms with E-state index in [4.69, 9.17) is 4.52 Å². The summed E-state index contributed by atoms with van der Waals surface area (Å²) >= 11 is 1.54. The van der Waals surface area contributed by atoms with E-state index in [0.717, 1.165) is 11.5 Å². The Morgan fingerprint density at radius 2 is 2.50 bits per heavy atom. The maximum Gasteiger partial charge on any atom is 0.232 e. The van der Waals surface area contributed by atoms with Crippen molar-refractivity contribution in [1.82, 2.24) is 10.5 Å². The normalized spacial score (nSPS) is 12.5. The standard InChI is InChI=1S/C9H14N2O2S/c1-6-4-8(11-13-6)5-14-7(2)9(12)10-3/h4,7H,5H2,1-3H3,(H,10,12)/t7-/m1/s1. The molecule has 0 unspecified atom stereocenters. The van der Waals surface area contributed by atoms with Crippen LogP contribution in [0.2, 0.25) is 0 Å². The van der Waals surface area contributed by atoms with Crippen molar-refractivity contribution < 1.29 is 9.32 Å². The molecule has 1 rings (SSSR count). The molecule has 0 radical (unpaired) electrons. The fourth-order valence-electron chi connectivity index (χ4n) is 0.975. The van der Waals surface area contributed by atoms with Crippen molar-refractivity contribution in [3.63, 3.8) is 0 Å². The average Bonchev–Trinajstić information content (AvgIpc) is 2.59. The SMILES string of the molecule is CNC(=O)[C@@H](C)SCc1cc(C)on1. The second-order valence-corrected chi connectivity index (χ2v) is 4.33. The third-order valence-electron chi connectivity index (χ3n) is 1.77. The second-order valence-electron chi connectivity index (χ2n) is 3.00. The van der Waals surface area contributed by atoms with Gasteiger partial charge in [-0.05, 0) is 13.8 Å². The van der Waals surface area contributed by atoms with Crippen LogP contribution in [0.1, 0.15) is 18.4 Å². The first-order valence-corrected chi connectivity index (χ1v) is 5.43. The average molecular weight is 214 g/mol. The Morgan fingerprint density at radius 3 is 3.00 bits per heavy atom. The van der Waals surface area contributed by atoms with E-state index < -0.39 is 0 Å². The molecule has 0 aliphatic carbocycles. The van der Waals surface area contributed by atoms with Gasteiger partial charge in [0.05, 0.1) is 10.9 Å². The van der Waals surface area contributed by atoms with Gasteiger partial charge >= 0.3 is 0 Å². The summed E-state index contributed by atoms with van der Waals surface area (Å²) in [5.41, 5.74) is 0.878. The largest absolute Gasteiger partial charge is 0.361 e. The highest BCUT2D eigenvalue weighted by atomic mass is 32.2. The second kappa shape index (κ2) is 5.05. The number of aromatic nitrogens is 1. The van der Waals surface area contributed by atoms with E-state index in [1.54, 1.807) is 18.8 Å². The van der Waals surface area contributed by atoms with Crippen LogP contribution in [0.5, 0.6) is 0 Å². The van der Waals surface area contributed by atoms with Crippen molar-refractivity contribution in [2.75, 3.05) is 7.05 Å². The molecule has 0 aliphatic rings. The summed E-state index contributed by atoms with van der Waals surface area (Å²) in [5.74, 6) is 1.54. The third kappa shape index (κ3) is 3.06. The third-order valence-corrected chi connectivity index (χ3v) is 2.95. The molecule has 0 fully saturated rings. The van der Waals surface area contributed by atoms with Gasteiger partial charge in [-0.25, -0.2) is 0 Å². The van der Waals surface area contributed by atoms with Gasteiger partial charge in [0.25, 0.3) is 0 Å². The summed E-state index contributed by atoms with van der Waals surface area (Å²) in [7, 11) is 1.64. The van der Waals surface area contributed by atoms with Gasteiger partial charge in [-0.3, -0.25) is 4.79 Å². The van der Waals surface area contributed by atoms with E-state index >= 15 is 0 Å². The number of hydrogen-bond acceptors (Lipinski definition) is 4. The molecular formula is C9H14N2O2S. The van der Waals surface area contributed by atoms with Crippen molar-refractivity contribution in [3.05, 3.63) is 17.5 Å². The van der Waals surface area contributed by atoms with Crippen molar-refractivity contribution in [3.8, 4) is 0 Å². The lowest BCUT2D eigenvalue weighted by molar-refractivity contribution is -0.119. The van der Waals surface area contributed by atoms with Gasteiger partial charge in [0.15, 0.2) is 0 Å². The fraction of sp³-hybridized carbons (Fsp3) is 0.556. The molecule has 0 saturated carbocycles. The summed E-state index contributed by atoms with van der Waals surface area (Å²) in [6.45, 7) is 3.72. The number of rotatable bonds is 4. The number of nitrogens with zero attached hydrogens (tertiary/aromatic N) is 1. The molecule has 14 heavy (non-hydrogen) atoms. The summed E-state index contributed by atoms with van der Waals surface area (Å²) in [5, 5.41) is 6.39. The molecule has 0 aromatic carbocycles. The van der Waals surface area contributed by atoms with E-state index in [1.165, 1.54) is 0 Å². The van der Waals surface area contributed by atoms with Crippen LogP contribution in [0.4, 0.5) is 0 Å². The molecular weight excluding hydrogens is 200 g/mol. The Bertz CT molecular complexity index is 312. The summed E-state index contributed by atoms with van der Waals surface area (Å²) in [6, 6.07) is 1.88. The van der Waals surface area contributed by atoms with Gasteiger partial charge in [0, 0.05) is 18.9 Å². The van der Waals surface area contributed by atoms with Gasteiger partial charge in [-0.1, -0.05) is 5.16 Å². The van der Waals surface area contributed by atoms with E-state index in [2.05, 4.69) is 10.5 Å². The zero-order chi connectivity index (χ0) is 10.6. The number of hydrogen-bond donors (Lipinski definition) is 1. The first-order valence-electron chi connectivity index (χ1n) is 4.39. The highest BCUT2D eigenvalue weighted by Gasteiger charge is 2.12. The molecule has 0 saturated heterocycles. The number of carbonyl (C=O) groups excluding carboxylic acids is 1. The molecule has 5 heteroatoms. The van der Waals surface area contributed by atoms with Crippen molar-refractivity contribution in [2.45, 2.75) is 24.9 Å². The molecule has 1 N–H and O–H groups in total. The van der Waals surface area contributed by atoms with Crippen LogP contribution in [0, 0.1) is 6.92 Å². The molecule has 78 valence electrons. The highest BCUT2D eigenvalue weighted by Crippen LogP contribution is 2.17. The monoisotopic (exact) mass is 214 g/mol. The zero-order valence-corrected chi connectivity index (χ0v) is 9.35. The quantitative estimate of drug-likeness (QED) is 0.822. The van der Waals surface area contributed by atoms with Crippen LogP contribution in [-0.4, -0.2) is 23.4 Å². The fourth-order valence-corrected chi connectivity index (χ4v) is 1.80. The number of aryl methyl sites for hydroxylation is 1. The van der Waals surface area contributed by atoms with Crippen LogP contribution in [-0.2, 0) is 10.5 Å². The van der Waals surface area contributed by atoms with Crippen molar-refractivity contribution >= 4 is 17.7 Å². The maximum absolute atomic E-state index is 11.2. The molecule has 1 aromatic heterocycles. The van der Waals surface area contributed by atoms with Crippen LogP contribution in [0.3, 0.4) is 0 Å². The predicted molar refractivity (Wildman–Crippen MR) is 56.1 cm³/mol. The Morgan fingerprint density at radius 1 is 1.79 bits per heavy atom. The lowest BCUT2D eigenvalue weighted by atomic mass is 10.4. The van der Waals surface area contributed by atoms with Crippen LogP contribution < -0.4 is 5.32 Å². The first kappa shape index (κ1) is 11.1. The van der Waals surface area contributed by atoms with E-state index in [9.17, 15) is 4.79 Å². The van der Waals surface area contributed by atoms with Gasteiger partial charge in [0.2, 0.25) is 5.91 Å². The van der Waals surface area contributed by atoms with E-state index in [0.29, 0.717) is 5.75 Å². The Hall–Kier alpha value is -0.970. The Labute approximate surface area is 87.4 Å². The smallest absolute Gasteiger partial charge is 0.232 e. The lowest BCUT2D eigenvalue weighted by Gasteiger charge is -2.07. The minimum Gasteiger partial charge on any atom is -0.361 e. The number of amides is 1. The number of nitrogens with one attached hydrogen (secondary N) is 1. The minimum absolute atomic E-state index is 0.0372. The van der Waals surface area contributed by atoms with Gasteiger partial charge in [0.1, 0.15) is 5.76 Å². The molecule has 0 aliphatic heterocycles. The van der Waals surface area contributed by atoms with Crippen LogP contribution in [0.25, 0.3) is 0 Å². The van der Waals surface area contributed by atoms with Gasteiger partial charge in [-0.2, -0.15) is 0 Å². The highest BCUT2D eigenvalue weighted by molar-refractivity contribution is 7.99. The summed E-state index contributed by atoms with van der Waals surface area (Å²) < 4.78 is 4.92. The Kier molecular flexibility index (Phi) is 4.00. The topological polar surface area (TPSA) is 55.1 Å². The van der Waals surface area contributed by atoms with Crippen molar-refractivity contribution in [2.24, 2.45) is 0 Å². The van der Waals surface area contributed by atoms with Crippen LogP contribution in [0.15, 0.2) is 10.6 Å². The number of carbonyl (C=O) groups is 1. The summed E-state index contributed by atoms with van der Waals surface area (Å²) in [6.07, 6.45) is 0. The van der Waals surface area contributed by atoms with E-state index in [1.807, 2.05) is 19.9 Å². The van der Waals surface area contributed by atoms with E-state index in [-0.39, 0.29) is 11.2 Å². The number of thioether (sulfide) groups is 1. The van der Waals surface area contributed by atoms with Crippen molar-refractivity contribution in [1.29, 1.82) is 0 Å². The molecule has 1 amide bonds. The molecule has 0 bridgehead atoms. The maximum atomic E-state index is 11.2.